The lowest BCUT2D eigenvalue weighted by Crippen LogP contribution is -2.41. The smallest absolute Gasteiger partial charge is 0.0666 e. The van der Waals surface area contributed by atoms with Crippen LogP contribution in [0, 0.1) is 5.92 Å². The van der Waals surface area contributed by atoms with Gasteiger partial charge >= 0.3 is 0 Å². The summed E-state index contributed by atoms with van der Waals surface area (Å²) in [5, 5.41) is 12.1. The third-order valence-electron chi connectivity index (χ3n) is 5.07. The minimum Gasteiger partial charge on any atom is -0.314 e. The summed E-state index contributed by atoms with van der Waals surface area (Å²) in [7, 11) is 2.02. The molecule has 3 unspecified atom stereocenters. The van der Waals surface area contributed by atoms with E-state index in [9.17, 15) is 0 Å². The molecule has 2 N–H and O–H groups in total. The molecule has 3 atom stereocenters. The van der Waals surface area contributed by atoms with Gasteiger partial charge in [0.1, 0.15) is 0 Å². The zero-order chi connectivity index (χ0) is 13.9. The third kappa shape index (κ3) is 2.91. The van der Waals surface area contributed by atoms with Crippen molar-refractivity contribution in [1.82, 2.24) is 20.4 Å². The Morgan fingerprint density at radius 2 is 2.25 bits per heavy atom. The summed E-state index contributed by atoms with van der Waals surface area (Å²) < 4.78 is 1.94. The topological polar surface area (TPSA) is 41.9 Å². The standard InChI is InChI=1S/C16H28N4/c1-3-14-12(11-20(2)19-14)10-18-16-7-4-6-13(16)15-8-5-9-17-15/h11,13,15-18H,3-10H2,1-2H3. The van der Waals surface area contributed by atoms with E-state index >= 15 is 0 Å². The first-order chi connectivity index (χ1) is 9.78. The highest BCUT2D eigenvalue weighted by Crippen LogP contribution is 2.32. The molecule has 4 nitrogen and oxygen atoms in total. The predicted molar refractivity (Wildman–Crippen MR) is 81.6 cm³/mol. The molecular formula is C16H28N4. The number of hydrogen-bond donors (Lipinski definition) is 2. The summed E-state index contributed by atoms with van der Waals surface area (Å²) in [5.41, 5.74) is 2.62. The Morgan fingerprint density at radius 1 is 1.35 bits per heavy atom. The predicted octanol–water partition coefficient (Wildman–Crippen LogP) is 1.99. The number of rotatable bonds is 5. The molecule has 1 aromatic heterocycles. The summed E-state index contributed by atoms with van der Waals surface area (Å²) in [4.78, 5) is 0. The van der Waals surface area contributed by atoms with Gasteiger partial charge in [-0.2, -0.15) is 5.10 Å². The molecular weight excluding hydrogens is 248 g/mol. The van der Waals surface area contributed by atoms with Crippen molar-refractivity contribution in [3.63, 3.8) is 0 Å². The Bertz CT molecular complexity index is 434. The fourth-order valence-electron chi connectivity index (χ4n) is 4.07. The van der Waals surface area contributed by atoms with E-state index in [0.717, 1.165) is 24.9 Å². The SMILES string of the molecule is CCc1nn(C)cc1CNC1CCCC1C1CCCN1. The van der Waals surface area contributed by atoms with E-state index in [2.05, 4.69) is 28.9 Å². The van der Waals surface area contributed by atoms with Crippen LogP contribution in [0.4, 0.5) is 0 Å². The van der Waals surface area contributed by atoms with Crippen molar-refractivity contribution in [2.24, 2.45) is 13.0 Å². The van der Waals surface area contributed by atoms with Crippen molar-refractivity contribution >= 4 is 0 Å². The van der Waals surface area contributed by atoms with Crippen LogP contribution in [0.3, 0.4) is 0 Å². The van der Waals surface area contributed by atoms with E-state index in [1.165, 1.54) is 49.9 Å². The van der Waals surface area contributed by atoms with Crippen LogP contribution < -0.4 is 10.6 Å². The molecule has 3 rings (SSSR count). The van der Waals surface area contributed by atoms with Crippen LogP contribution in [0.2, 0.25) is 0 Å². The van der Waals surface area contributed by atoms with E-state index < -0.39 is 0 Å². The van der Waals surface area contributed by atoms with E-state index in [-0.39, 0.29) is 0 Å². The Labute approximate surface area is 122 Å². The van der Waals surface area contributed by atoms with Crippen LogP contribution in [0.5, 0.6) is 0 Å². The zero-order valence-electron chi connectivity index (χ0n) is 12.9. The summed E-state index contributed by atoms with van der Waals surface area (Å²) in [6, 6.07) is 1.45. The van der Waals surface area contributed by atoms with Crippen molar-refractivity contribution in [1.29, 1.82) is 0 Å². The molecule has 2 heterocycles. The molecule has 0 spiro atoms. The molecule has 1 saturated heterocycles. The van der Waals surface area contributed by atoms with Crippen LogP contribution >= 0.6 is 0 Å². The van der Waals surface area contributed by atoms with Crippen LogP contribution in [0.1, 0.15) is 50.3 Å². The molecule has 20 heavy (non-hydrogen) atoms. The summed E-state index contributed by atoms with van der Waals surface area (Å²) in [5.74, 6) is 0.833. The maximum absolute atomic E-state index is 4.54. The largest absolute Gasteiger partial charge is 0.314 e. The van der Waals surface area contributed by atoms with Crippen molar-refractivity contribution in [2.45, 2.75) is 64.1 Å². The van der Waals surface area contributed by atoms with Gasteiger partial charge in [-0.1, -0.05) is 13.3 Å². The summed E-state index contributed by atoms with van der Waals surface area (Å²) >= 11 is 0. The molecule has 0 amide bonds. The second-order valence-corrected chi connectivity index (χ2v) is 6.41. The van der Waals surface area contributed by atoms with Gasteiger partial charge < -0.3 is 10.6 Å². The number of hydrogen-bond acceptors (Lipinski definition) is 3. The van der Waals surface area contributed by atoms with E-state index in [4.69, 9.17) is 0 Å². The highest BCUT2D eigenvalue weighted by Gasteiger charge is 2.34. The number of nitrogens with zero attached hydrogens (tertiary/aromatic N) is 2. The fourth-order valence-corrected chi connectivity index (χ4v) is 4.07. The van der Waals surface area contributed by atoms with Crippen molar-refractivity contribution in [3.05, 3.63) is 17.5 Å². The number of aryl methyl sites for hydroxylation is 2. The molecule has 1 aliphatic carbocycles. The van der Waals surface area contributed by atoms with Gasteiger partial charge in [0.2, 0.25) is 0 Å². The average molecular weight is 276 g/mol. The maximum Gasteiger partial charge on any atom is 0.0666 e. The number of aromatic nitrogens is 2. The molecule has 0 aromatic carbocycles. The number of nitrogens with one attached hydrogen (secondary N) is 2. The van der Waals surface area contributed by atoms with Crippen molar-refractivity contribution in [3.8, 4) is 0 Å². The van der Waals surface area contributed by atoms with Gasteiger partial charge in [-0.05, 0) is 44.6 Å². The first-order valence-corrected chi connectivity index (χ1v) is 8.26. The molecule has 112 valence electrons. The van der Waals surface area contributed by atoms with Gasteiger partial charge in [-0.25, -0.2) is 0 Å². The molecule has 4 heteroatoms. The van der Waals surface area contributed by atoms with Crippen LogP contribution in [-0.2, 0) is 20.0 Å². The molecule has 1 aliphatic heterocycles. The highest BCUT2D eigenvalue weighted by atomic mass is 15.3. The van der Waals surface area contributed by atoms with Gasteiger partial charge in [0.05, 0.1) is 5.69 Å². The molecule has 1 saturated carbocycles. The third-order valence-corrected chi connectivity index (χ3v) is 5.07. The monoisotopic (exact) mass is 276 g/mol. The van der Waals surface area contributed by atoms with Gasteiger partial charge in [-0.3, -0.25) is 4.68 Å². The first-order valence-electron chi connectivity index (χ1n) is 8.26. The van der Waals surface area contributed by atoms with Gasteiger partial charge in [0.25, 0.3) is 0 Å². The Hall–Kier alpha value is -0.870. The molecule has 0 radical (unpaired) electrons. The lowest BCUT2D eigenvalue weighted by Gasteiger charge is -2.26. The lowest BCUT2D eigenvalue weighted by atomic mass is 9.93. The molecule has 0 bridgehead atoms. The van der Waals surface area contributed by atoms with E-state index in [0.29, 0.717) is 6.04 Å². The van der Waals surface area contributed by atoms with Gasteiger partial charge in [-0.15, -0.1) is 0 Å². The fraction of sp³-hybridized carbons (Fsp3) is 0.812. The van der Waals surface area contributed by atoms with Gasteiger partial charge in [0.15, 0.2) is 0 Å². The Balaban J connectivity index is 1.59. The maximum atomic E-state index is 4.54. The second kappa shape index (κ2) is 6.27. The summed E-state index contributed by atoms with van der Waals surface area (Å²) in [6.45, 7) is 4.38. The normalized spacial score (nSPS) is 30.2. The van der Waals surface area contributed by atoms with E-state index in [1.54, 1.807) is 0 Å². The quantitative estimate of drug-likeness (QED) is 0.864. The highest BCUT2D eigenvalue weighted by molar-refractivity contribution is 5.17. The van der Waals surface area contributed by atoms with Gasteiger partial charge in [0, 0.05) is 37.4 Å². The Kier molecular flexibility index (Phi) is 4.41. The van der Waals surface area contributed by atoms with E-state index in [1.807, 2.05) is 11.7 Å². The van der Waals surface area contributed by atoms with Crippen LogP contribution in [0.15, 0.2) is 6.20 Å². The second-order valence-electron chi connectivity index (χ2n) is 6.41. The first kappa shape index (κ1) is 14.1. The Morgan fingerprint density at radius 3 is 3.00 bits per heavy atom. The summed E-state index contributed by atoms with van der Waals surface area (Å²) in [6.07, 6.45) is 10.0. The lowest BCUT2D eigenvalue weighted by molar-refractivity contribution is 0.319. The molecule has 1 aromatic rings. The van der Waals surface area contributed by atoms with Crippen molar-refractivity contribution in [2.75, 3.05) is 6.54 Å². The molecule has 2 fully saturated rings. The molecule has 2 aliphatic rings. The minimum absolute atomic E-state index is 0.690. The zero-order valence-corrected chi connectivity index (χ0v) is 12.9. The van der Waals surface area contributed by atoms with Crippen molar-refractivity contribution < 1.29 is 0 Å². The van der Waals surface area contributed by atoms with Crippen LogP contribution in [-0.4, -0.2) is 28.4 Å². The average Bonchev–Trinajstić information content (AvgIpc) is 3.16. The van der Waals surface area contributed by atoms with Crippen LogP contribution in [0.25, 0.3) is 0 Å². The minimum atomic E-state index is 0.690.